The molecule has 1 fully saturated rings. The fourth-order valence-electron chi connectivity index (χ4n) is 3.49. The summed E-state index contributed by atoms with van der Waals surface area (Å²) in [4.78, 5) is 18.7. The predicted molar refractivity (Wildman–Crippen MR) is 133 cm³/mol. The average Bonchev–Trinajstić information content (AvgIpc) is 2.97. The zero-order chi connectivity index (χ0) is 20.0. The van der Waals surface area contributed by atoms with E-state index in [0.29, 0.717) is 13.0 Å². The van der Waals surface area contributed by atoms with Gasteiger partial charge < -0.3 is 20.9 Å². The largest absolute Gasteiger partial charge is 0.356 e. The first-order chi connectivity index (χ1) is 13.7. The van der Waals surface area contributed by atoms with E-state index in [1.54, 1.807) is 7.05 Å². The molecule has 6 nitrogen and oxygen atoms in total. The Morgan fingerprint density at radius 1 is 1.14 bits per heavy atom. The van der Waals surface area contributed by atoms with Crippen molar-refractivity contribution in [1.82, 2.24) is 15.5 Å². The van der Waals surface area contributed by atoms with Crippen molar-refractivity contribution >= 4 is 41.5 Å². The van der Waals surface area contributed by atoms with Gasteiger partial charge in [-0.2, -0.15) is 0 Å². The van der Waals surface area contributed by atoms with Gasteiger partial charge in [0.1, 0.15) is 0 Å². The Labute approximate surface area is 193 Å². The number of nitrogens with zero attached hydrogens (tertiary/aromatic N) is 2. The molecule has 7 heteroatoms. The maximum atomic E-state index is 11.8. The third-order valence-corrected chi connectivity index (χ3v) is 5.01. The Balaban J connectivity index is 0.00000420. The molecule has 3 N–H and O–H groups in total. The molecular formula is C22H38IN5O. The lowest BCUT2D eigenvalue weighted by atomic mass is 10.2. The van der Waals surface area contributed by atoms with Gasteiger partial charge in [-0.05, 0) is 63.0 Å². The number of hydrogen-bond acceptors (Lipinski definition) is 3. The number of nitrogens with one attached hydrogen (secondary N) is 3. The number of amides is 1. The molecule has 0 bridgehead atoms. The molecular weight excluding hydrogens is 477 g/mol. The summed E-state index contributed by atoms with van der Waals surface area (Å²) in [6, 6.07) is 7.95. The molecule has 0 radical (unpaired) electrons. The highest BCUT2D eigenvalue weighted by Crippen LogP contribution is 2.11. The second kappa shape index (κ2) is 15.5. The Morgan fingerprint density at radius 3 is 2.59 bits per heavy atom. The van der Waals surface area contributed by atoms with Crippen LogP contribution < -0.4 is 16.0 Å². The number of likely N-dealkylation sites (tertiary alicyclic amines) is 1. The fraction of sp³-hybridized carbons (Fsp3) is 0.636. The number of aliphatic imine (C=N–C) groups is 1. The van der Waals surface area contributed by atoms with Crippen LogP contribution in [0, 0.1) is 0 Å². The van der Waals surface area contributed by atoms with Crippen LogP contribution in [0.15, 0.2) is 29.3 Å². The second-order valence-electron chi connectivity index (χ2n) is 7.46. The first-order valence-electron chi connectivity index (χ1n) is 10.8. The topological polar surface area (TPSA) is 68.8 Å². The summed E-state index contributed by atoms with van der Waals surface area (Å²) in [7, 11) is 1.80. The van der Waals surface area contributed by atoms with Gasteiger partial charge in [-0.1, -0.05) is 31.9 Å². The molecule has 0 aromatic heterocycles. The third kappa shape index (κ3) is 10.8. The van der Waals surface area contributed by atoms with Gasteiger partial charge in [0.05, 0.1) is 0 Å². The molecule has 1 heterocycles. The maximum absolute atomic E-state index is 11.8. The minimum Gasteiger partial charge on any atom is -0.356 e. The number of benzene rings is 1. The highest BCUT2D eigenvalue weighted by atomic mass is 127. The molecule has 1 aromatic carbocycles. The number of carbonyl (C=O) groups excluding carboxylic acids is 1. The molecule has 2 rings (SSSR count). The van der Waals surface area contributed by atoms with Crippen LogP contribution in [-0.2, 0) is 11.3 Å². The normalized spacial score (nSPS) is 15.2. The zero-order valence-electron chi connectivity index (χ0n) is 18.0. The lowest BCUT2D eigenvalue weighted by molar-refractivity contribution is -0.116. The van der Waals surface area contributed by atoms with Crippen molar-refractivity contribution in [3.8, 4) is 0 Å². The molecule has 0 atom stereocenters. The van der Waals surface area contributed by atoms with Gasteiger partial charge in [0, 0.05) is 32.2 Å². The predicted octanol–water partition coefficient (Wildman–Crippen LogP) is 3.97. The Kier molecular flexibility index (Phi) is 13.7. The molecule has 1 amide bonds. The minimum absolute atomic E-state index is 0. The number of carbonyl (C=O) groups is 1. The number of guanidine groups is 1. The van der Waals surface area contributed by atoms with Gasteiger partial charge in [0.15, 0.2) is 5.96 Å². The molecule has 0 aliphatic carbocycles. The quantitative estimate of drug-likeness (QED) is 0.202. The van der Waals surface area contributed by atoms with E-state index in [1.807, 2.05) is 25.1 Å². The van der Waals surface area contributed by atoms with Crippen LogP contribution in [0.1, 0.15) is 57.4 Å². The molecule has 1 aliphatic heterocycles. The van der Waals surface area contributed by atoms with Crippen LogP contribution in [0.2, 0.25) is 0 Å². The van der Waals surface area contributed by atoms with Crippen molar-refractivity contribution in [2.24, 2.45) is 4.99 Å². The van der Waals surface area contributed by atoms with E-state index < -0.39 is 0 Å². The van der Waals surface area contributed by atoms with Crippen LogP contribution in [0.3, 0.4) is 0 Å². The minimum atomic E-state index is 0. The smallest absolute Gasteiger partial charge is 0.224 e. The number of rotatable bonds is 9. The molecule has 0 unspecified atom stereocenters. The van der Waals surface area contributed by atoms with Crippen LogP contribution in [0.25, 0.3) is 0 Å². The first-order valence-corrected chi connectivity index (χ1v) is 10.8. The maximum Gasteiger partial charge on any atom is 0.224 e. The standard InChI is InChI=1S/C22H37N5O.HI/c1-3-10-21(28)26-20-12-8-11-19(17-20)18-25-22(23-2)24-13-9-16-27-14-6-4-5-7-15-27;/h8,11-12,17H,3-7,9-10,13-16,18H2,1-2H3,(H,26,28)(H2,23,24,25);1H. The van der Waals surface area contributed by atoms with E-state index in [4.69, 9.17) is 0 Å². The zero-order valence-corrected chi connectivity index (χ0v) is 20.3. The van der Waals surface area contributed by atoms with Crippen LogP contribution in [0.5, 0.6) is 0 Å². The van der Waals surface area contributed by atoms with Crippen molar-refractivity contribution in [1.29, 1.82) is 0 Å². The highest BCUT2D eigenvalue weighted by molar-refractivity contribution is 14.0. The van der Waals surface area contributed by atoms with Crippen molar-refractivity contribution < 1.29 is 4.79 Å². The van der Waals surface area contributed by atoms with Crippen LogP contribution >= 0.6 is 24.0 Å². The van der Waals surface area contributed by atoms with Crippen molar-refractivity contribution in [3.63, 3.8) is 0 Å². The lowest BCUT2D eigenvalue weighted by Crippen LogP contribution is -2.38. The van der Waals surface area contributed by atoms with Gasteiger partial charge in [-0.3, -0.25) is 9.79 Å². The Hall–Kier alpha value is -1.35. The molecule has 1 aromatic rings. The van der Waals surface area contributed by atoms with Gasteiger partial charge in [-0.25, -0.2) is 0 Å². The summed E-state index contributed by atoms with van der Waals surface area (Å²) < 4.78 is 0. The van der Waals surface area contributed by atoms with E-state index in [-0.39, 0.29) is 29.9 Å². The van der Waals surface area contributed by atoms with Crippen LogP contribution in [0.4, 0.5) is 5.69 Å². The summed E-state index contributed by atoms with van der Waals surface area (Å²) in [5.41, 5.74) is 1.96. The van der Waals surface area contributed by atoms with Gasteiger partial charge >= 0.3 is 0 Å². The number of hydrogen-bond donors (Lipinski definition) is 3. The van der Waals surface area contributed by atoms with E-state index in [9.17, 15) is 4.79 Å². The van der Waals surface area contributed by atoms with Gasteiger partial charge in [0.2, 0.25) is 5.91 Å². The third-order valence-electron chi connectivity index (χ3n) is 5.01. The second-order valence-corrected chi connectivity index (χ2v) is 7.46. The van der Waals surface area contributed by atoms with Crippen molar-refractivity contribution in [3.05, 3.63) is 29.8 Å². The van der Waals surface area contributed by atoms with E-state index in [2.05, 4.69) is 31.9 Å². The first kappa shape index (κ1) is 25.7. The SMILES string of the molecule is CCCC(=O)Nc1cccc(CNC(=NC)NCCCN2CCCCCC2)c1.I. The Morgan fingerprint density at radius 2 is 1.90 bits per heavy atom. The highest BCUT2D eigenvalue weighted by Gasteiger charge is 2.08. The molecule has 1 aliphatic rings. The van der Waals surface area contributed by atoms with Gasteiger partial charge in [-0.15, -0.1) is 24.0 Å². The van der Waals surface area contributed by atoms with Crippen LogP contribution in [-0.4, -0.2) is 50.0 Å². The molecule has 29 heavy (non-hydrogen) atoms. The monoisotopic (exact) mass is 515 g/mol. The van der Waals surface area contributed by atoms with E-state index in [0.717, 1.165) is 43.1 Å². The van der Waals surface area contributed by atoms with Gasteiger partial charge in [0.25, 0.3) is 0 Å². The molecule has 1 saturated heterocycles. The summed E-state index contributed by atoms with van der Waals surface area (Å²) in [5, 5.41) is 9.70. The summed E-state index contributed by atoms with van der Waals surface area (Å²) in [5.74, 6) is 0.880. The average molecular weight is 515 g/mol. The van der Waals surface area contributed by atoms with E-state index in [1.165, 1.54) is 38.8 Å². The molecule has 0 saturated carbocycles. The summed E-state index contributed by atoms with van der Waals surface area (Å²) >= 11 is 0. The van der Waals surface area contributed by atoms with E-state index >= 15 is 0 Å². The lowest BCUT2D eigenvalue weighted by Gasteiger charge is -2.20. The van der Waals surface area contributed by atoms with Crippen molar-refractivity contribution in [2.45, 2.75) is 58.4 Å². The number of halogens is 1. The Bertz CT molecular complexity index is 615. The molecule has 164 valence electrons. The summed E-state index contributed by atoms with van der Waals surface area (Å²) in [6.07, 6.45) is 7.98. The van der Waals surface area contributed by atoms with Crippen molar-refractivity contribution in [2.75, 3.05) is 38.5 Å². The summed E-state index contributed by atoms with van der Waals surface area (Å²) in [6.45, 7) is 7.25. The number of anilines is 1. The fourth-order valence-corrected chi connectivity index (χ4v) is 3.49. The molecule has 0 spiro atoms.